The average molecular weight is 605 g/mol. The number of carbonyl (C=O) groups is 1. The quantitative estimate of drug-likeness (QED) is 0.226. The van der Waals surface area contributed by atoms with E-state index < -0.39 is 21.5 Å². The van der Waals surface area contributed by atoms with E-state index >= 15 is 0 Å². The maximum atomic E-state index is 11.9. The van der Waals surface area contributed by atoms with Crippen LogP contribution in [0.3, 0.4) is 0 Å². The summed E-state index contributed by atoms with van der Waals surface area (Å²) in [6, 6.07) is 12.3. The largest absolute Gasteiger partial charge is 0.489 e. The average Bonchev–Trinajstić information content (AvgIpc) is 3.63. The zero-order chi connectivity index (χ0) is 28.3. The molecular weight excluding hydrogens is 577 g/mol. The van der Waals surface area contributed by atoms with Gasteiger partial charge in [-0.25, -0.2) is 18.4 Å². The summed E-state index contributed by atoms with van der Waals surface area (Å²) in [5.41, 5.74) is 2.09. The summed E-state index contributed by atoms with van der Waals surface area (Å²) >= 11 is 12.8. The molecule has 2 N–H and O–H groups in total. The predicted molar refractivity (Wildman–Crippen MR) is 155 cm³/mol. The minimum absolute atomic E-state index is 0.237. The van der Waals surface area contributed by atoms with Crippen LogP contribution in [0.4, 0.5) is 11.5 Å². The molecule has 10 nitrogen and oxygen atoms in total. The molecule has 0 aliphatic heterocycles. The Balaban J connectivity index is 1.29. The van der Waals surface area contributed by atoms with Crippen LogP contribution in [-0.4, -0.2) is 54.0 Å². The molecule has 13 heteroatoms. The summed E-state index contributed by atoms with van der Waals surface area (Å²) in [4.78, 5) is 20.6. The number of sulfone groups is 1. The van der Waals surface area contributed by atoms with Crippen LogP contribution in [0.25, 0.3) is 11.0 Å². The lowest BCUT2D eigenvalue weighted by atomic mass is 10.2. The summed E-state index contributed by atoms with van der Waals surface area (Å²) < 4.78 is 36.5. The lowest BCUT2D eigenvalue weighted by Gasteiger charge is -2.15. The predicted octanol–water partition coefficient (Wildman–Crippen LogP) is 5.22. The zero-order valence-electron chi connectivity index (χ0n) is 21.6. The van der Waals surface area contributed by atoms with Crippen LogP contribution >= 0.6 is 23.2 Å². The molecule has 0 atom stereocenters. The van der Waals surface area contributed by atoms with Crippen LogP contribution in [0.1, 0.15) is 12.8 Å². The summed E-state index contributed by atoms with van der Waals surface area (Å²) in [5, 5.41) is 6.83. The number of rotatable bonds is 12. The number of aromatic nitrogens is 3. The van der Waals surface area contributed by atoms with Gasteiger partial charge in [-0.05, 0) is 55.2 Å². The fourth-order valence-electron chi connectivity index (χ4n) is 4.00. The Morgan fingerprint density at radius 1 is 1.07 bits per heavy atom. The van der Waals surface area contributed by atoms with Gasteiger partial charge in [-0.15, -0.1) is 0 Å². The van der Waals surface area contributed by atoms with Crippen LogP contribution < -0.4 is 20.1 Å². The molecule has 5 rings (SSSR count). The molecule has 1 aliphatic carbocycles. The normalized spacial score (nSPS) is 13.3. The van der Waals surface area contributed by atoms with E-state index in [0.29, 0.717) is 63.4 Å². The summed E-state index contributed by atoms with van der Waals surface area (Å²) in [7, 11) is -3.40. The Morgan fingerprint density at radius 2 is 1.88 bits per heavy atom. The molecule has 210 valence electrons. The number of ether oxygens (including phenoxy) is 2. The maximum Gasteiger partial charge on any atom is 0.235 e. The number of benzene rings is 2. The Morgan fingerprint density at radius 3 is 2.62 bits per heavy atom. The fraction of sp³-hybridized carbons (Fsp3) is 0.296. The molecule has 0 bridgehead atoms. The summed E-state index contributed by atoms with van der Waals surface area (Å²) in [5.74, 6) is 1.55. The second kappa shape index (κ2) is 11.9. The molecule has 40 heavy (non-hydrogen) atoms. The molecule has 0 saturated heterocycles. The highest BCUT2D eigenvalue weighted by atomic mass is 35.5. The van der Waals surface area contributed by atoms with Crippen molar-refractivity contribution in [3.63, 3.8) is 0 Å². The number of amides is 1. The van der Waals surface area contributed by atoms with E-state index in [1.54, 1.807) is 30.3 Å². The number of anilines is 2. The van der Waals surface area contributed by atoms with Crippen molar-refractivity contribution in [3.05, 3.63) is 65.0 Å². The molecule has 0 spiro atoms. The van der Waals surface area contributed by atoms with Gasteiger partial charge in [0.1, 0.15) is 23.3 Å². The maximum absolute atomic E-state index is 11.9. The Labute approximate surface area is 241 Å². The Hall–Kier alpha value is -3.54. The lowest BCUT2D eigenvalue weighted by Crippen LogP contribution is -2.32. The topological polar surface area (TPSA) is 124 Å². The zero-order valence-corrected chi connectivity index (χ0v) is 23.9. The third-order valence-corrected chi connectivity index (χ3v) is 7.43. The van der Waals surface area contributed by atoms with E-state index in [0.717, 1.165) is 11.8 Å². The van der Waals surface area contributed by atoms with Crippen molar-refractivity contribution in [2.75, 3.05) is 30.5 Å². The van der Waals surface area contributed by atoms with Crippen LogP contribution in [0.15, 0.2) is 55.0 Å². The van der Waals surface area contributed by atoms with Crippen molar-refractivity contribution in [3.8, 4) is 17.2 Å². The highest BCUT2D eigenvalue weighted by molar-refractivity contribution is 7.91. The first-order valence-corrected chi connectivity index (χ1v) is 15.4. The fourth-order valence-corrected chi connectivity index (χ4v) is 4.96. The van der Waals surface area contributed by atoms with Gasteiger partial charge in [0.25, 0.3) is 0 Å². The number of halogens is 2. The molecule has 1 aliphatic rings. The van der Waals surface area contributed by atoms with Gasteiger partial charge < -0.3 is 24.7 Å². The van der Waals surface area contributed by atoms with Crippen LogP contribution in [-0.2, 0) is 21.2 Å². The van der Waals surface area contributed by atoms with Crippen LogP contribution in [0, 0.1) is 5.92 Å². The van der Waals surface area contributed by atoms with Crippen LogP contribution in [0.2, 0.25) is 10.0 Å². The first kappa shape index (κ1) is 28.0. The van der Waals surface area contributed by atoms with Gasteiger partial charge in [0.05, 0.1) is 17.1 Å². The second-order valence-corrected chi connectivity index (χ2v) is 12.6. The van der Waals surface area contributed by atoms with E-state index in [2.05, 4.69) is 20.6 Å². The number of carbonyl (C=O) groups excluding carboxylic acids is 1. The minimum Gasteiger partial charge on any atom is -0.489 e. The molecule has 4 aromatic rings. The Bertz CT molecular complexity index is 1660. The molecule has 1 amide bonds. The van der Waals surface area contributed by atoms with Gasteiger partial charge >= 0.3 is 0 Å². The van der Waals surface area contributed by atoms with Crippen molar-refractivity contribution in [1.29, 1.82) is 0 Å². The lowest BCUT2D eigenvalue weighted by molar-refractivity contribution is -0.118. The summed E-state index contributed by atoms with van der Waals surface area (Å²) in [6.45, 7) is 1.25. The van der Waals surface area contributed by atoms with Gasteiger partial charge in [-0.3, -0.25) is 4.79 Å². The number of hydrogen-bond donors (Lipinski definition) is 2. The highest BCUT2D eigenvalue weighted by Gasteiger charge is 2.23. The van der Waals surface area contributed by atoms with E-state index in [1.807, 2.05) is 22.9 Å². The van der Waals surface area contributed by atoms with Crippen molar-refractivity contribution >= 4 is 61.5 Å². The van der Waals surface area contributed by atoms with E-state index in [1.165, 1.54) is 19.2 Å². The van der Waals surface area contributed by atoms with Crippen molar-refractivity contribution < 1.29 is 22.7 Å². The number of hydrogen-bond acceptors (Lipinski definition) is 8. The van der Waals surface area contributed by atoms with Gasteiger partial charge in [0.15, 0.2) is 27.2 Å². The minimum atomic E-state index is -3.40. The number of nitrogens with one attached hydrogen (secondary N) is 2. The Kier molecular flexibility index (Phi) is 8.34. The van der Waals surface area contributed by atoms with Crippen molar-refractivity contribution in [1.82, 2.24) is 19.9 Å². The molecule has 0 unspecified atom stereocenters. The smallest absolute Gasteiger partial charge is 0.235 e. The summed E-state index contributed by atoms with van der Waals surface area (Å²) in [6.07, 6.45) is 6.63. The number of nitrogens with zero attached hydrogens (tertiary/aromatic N) is 3. The standard InChI is InChI=1S/C27H27Cl2N5O5S/c1-40(36,37)15-25(35)30-9-11-34-10-8-21-26(34)27(32-16-31-21)33-19-5-7-22(20(29)13-19)39-23-6-4-18(28)12-24(23)38-14-17-2-3-17/h4-8,10,12-13,16-17H,2-3,9,11,14-15H2,1H3,(H,30,35)(H,31,32,33). The third-order valence-electron chi connectivity index (χ3n) is 6.11. The molecule has 2 aromatic carbocycles. The SMILES string of the molecule is CS(=O)(=O)CC(=O)NCCn1ccc2ncnc(Nc3ccc(Oc4ccc(Cl)cc4OCC4CC4)c(Cl)c3)c21. The molecule has 2 aromatic heterocycles. The van der Waals surface area contributed by atoms with E-state index in [9.17, 15) is 13.2 Å². The first-order valence-electron chi connectivity index (χ1n) is 12.6. The molecule has 0 radical (unpaired) electrons. The highest BCUT2D eigenvalue weighted by Crippen LogP contribution is 2.39. The monoisotopic (exact) mass is 603 g/mol. The molecule has 2 heterocycles. The van der Waals surface area contributed by atoms with Crippen molar-refractivity contribution in [2.45, 2.75) is 19.4 Å². The second-order valence-electron chi connectivity index (χ2n) is 9.60. The molecular formula is C27H27Cl2N5O5S. The van der Waals surface area contributed by atoms with Crippen LogP contribution in [0.5, 0.6) is 17.2 Å². The van der Waals surface area contributed by atoms with E-state index in [-0.39, 0.29) is 6.54 Å². The first-order chi connectivity index (χ1) is 19.1. The van der Waals surface area contributed by atoms with Gasteiger partial charge in [-0.2, -0.15) is 0 Å². The van der Waals surface area contributed by atoms with Crippen molar-refractivity contribution in [2.24, 2.45) is 5.92 Å². The van der Waals surface area contributed by atoms with Gasteiger partial charge in [-0.1, -0.05) is 23.2 Å². The number of fused-ring (bicyclic) bond motifs is 1. The molecule has 1 saturated carbocycles. The van der Waals surface area contributed by atoms with Gasteiger partial charge in [0, 0.05) is 42.3 Å². The molecule has 1 fully saturated rings. The van der Waals surface area contributed by atoms with Gasteiger partial charge in [0.2, 0.25) is 5.91 Å². The third kappa shape index (κ3) is 7.35. The van der Waals surface area contributed by atoms with E-state index in [4.69, 9.17) is 32.7 Å².